The van der Waals surface area contributed by atoms with E-state index in [1.165, 1.54) is 23.1 Å². The number of aromatic carboxylic acids is 1. The number of likely N-dealkylation sites (tertiary alicyclic amines) is 1. The van der Waals surface area contributed by atoms with E-state index in [4.69, 9.17) is 9.84 Å². The van der Waals surface area contributed by atoms with Crippen LogP contribution in [0, 0.1) is 0 Å². The lowest BCUT2D eigenvalue weighted by atomic mass is 10.0. The standard InChI is InChI=1S/C17H20N2O5/c1-17(2)16(23)19(10-14(20)18-7-3-4-8-18)12-6-5-11(15(21)22)9-13(12)24-17/h5-6,9H,3-4,7-8,10H2,1-2H3,(H,21,22). The summed E-state index contributed by atoms with van der Waals surface area (Å²) in [6, 6.07) is 4.31. The Kier molecular flexibility index (Phi) is 3.95. The first kappa shape index (κ1) is 16.3. The molecule has 0 aliphatic carbocycles. The molecule has 7 heteroatoms. The van der Waals surface area contributed by atoms with Crippen LogP contribution in [-0.2, 0) is 9.59 Å². The molecule has 128 valence electrons. The summed E-state index contributed by atoms with van der Waals surface area (Å²) in [5.74, 6) is -1.19. The van der Waals surface area contributed by atoms with Crippen molar-refractivity contribution in [3.63, 3.8) is 0 Å². The van der Waals surface area contributed by atoms with Gasteiger partial charge in [0.1, 0.15) is 12.3 Å². The first-order valence-corrected chi connectivity index (χ1v) is 7.96. The van der Waals surface area contributed by atoms with Crippen molar-refractivity contribution in [2.24, 2.45) is 0 Å². The number of anilines is 1. The smallest absolute Gasteiger partial charge is 0.335 e. The molecule has 0 aromatic heterocycles. The number of carboxylic acid groups (broad SMARTS) is 1. The summed E-state index contributed by atoms with van der Waals surface area (Å²) in [5, 5.41) is 9.13. The summed E-state index contributed by atoms with van der Waals surface area (Å²) >= 11 is 0. The number of benzene rings is 1. The Hall–Kier alpha value is -2.57. The fourth-order valence-electron chi connectivity index (χ4n) is 3.06. The van der Waals surface area contributed by atoms with E-state index in [0.29, 0.717) is 24.5 Å². The molecule has 2 aliphatic heterocycles. The summed E-state index contributed by atoms with van der Waals surface area (Å²) < 4.78 is 5.68. The SMILES string of the molecule is CC1(C)Oc2cc(C(=O)O)ccc2N(CC(=O)N2CCCC2)C1=O. The maximum absolute atomic E-state index is 12.7. The molecule has 1 aromatic rings. The number of amides is 2. The minimum Gasteiger partial charge on any atom is -0.478 e. The van der Waals surface area contributed by atoms with E-state index in [-0.39, 0.29) is 23.9 Å². The van der Waals surface area contributed by atoms with Crippen LogP contribution in [0.5, 0.6) is 5.75 Å². The number of fused-ring (bicyclic) bond motifs is 1. The highest BCUT2D eigenvalue weighted by atomic mass is 16.5. The highest BCUT2D eigenvalue weighted by Crippen LogP contribution is 2.38. The number of rotatable bonds is 3. The second kappa shape index (κ2) is 5.81. The van der Waals surface area contributed by atoms with Crippen LogP contribution in [-0.4, -0.2) is 53.0 Å². The highest BCUT2D eigenvalue weighted by Gasteiger charge is 2.42. The third kappa shape index (κ3) is 2.81. The summed E-state index contributed by atoms with van der Waals surface area (Å²) in [6.45, 7) is 4.58. The maximum atomic E-state index is 12.7. The highest BCUT2D eigenvalue weighted by molar-refractivity contribution is 6.06. The van der Waals surface area contributed by atoms with Crippen molar-refractivity contribution in [3.8, 4) is 5.75 Å². The monoisotopic (exact) mass is 332 g/mol. The van der Waals surface area contributed by atoms with Gasteiger partial charge in [-0.05, 0) is 44.9 Å². The second-order valence-electron chi connectivity index (χ2n) is 6.58. The first-order valence-electron chi connectivity index (χ1n) is 7.96. The predicted octanol–water partition coefficient (Wildman–Crippen LogP) is 1.51. The molecule has 0 bridgehead atoms. The molecule has 24 heavy (non-hydrogen) atoms. The molecule has 0 radical (unpaired) electrons. The van der Waals surface area contributed by atoms with Gasteiger partial charge in [-0.25, -0.2) is 4.79 Å². The minimum atomic E-state index is -1.16. The Morgan fingerprint density at radius 3 is 2.54 bits per heavy atom. The second-order valence-corrected chi connectivity index (χ2v) is 6.58. The minimum absolute atomic E-state index is 0.0644. The van der Waals surface area contributed by atoms with E-state index in [0.717, 1.165) is 12.8 Å². The summed E-state index contributed by atoms with van der Waals surface area (Å²) in [7, 11) is 0. The molecule has 1 saturated heterocycles. The van der Waals surface area contributed by atoms with Gasteiger partial charge in [0.2, 0.25) is 5.91 Å². The van der Waals surface area contributed by atoms with Gasteiger partial charge in [0.15, 0.2) is 5.60 Å². The van der Waals surface area contributed by atoms with Crippen molar-refractivity contribution < 1.29 is 24.2 Å². The topological polar surface area (TPSA) is 87.2 Å². The van der Waals surface area contributed by atoms with Gasteiger partial charge in [0, 0.05) is 13.1 Å². The zero-order chi connectivity index (χ0) is 17.5. The molecular weight excluding hydrogens is 312 g/mol. The van der Waals surface area contributed by atoms with Gasteiger partial charge in [-0.1, -0.05) is 0 Å². The molecule has 0 unspecified atom stereocenters. The molecule has 2 heterocycles. The van der Waals surface area contributed by atoms with E-state index in [9.17, 15) is 14.4 Å². The number of carbonyl (C=O) groups excluding carboxylic acids is 2. The number of carboxylic acids is 1. The van der Waals surface area contributed by atoms with Crippen LogP contribution in [0.2, 0.25) is 0 Å². The fourth-order valence-corrected chi connectivity index (χ4v) is 3.06. The third-order valence-electron chi connectivity index (χ3n) is 4.38. The first-order chi connectivity index (χ1) is 11.3. The van der Waals surface area contributed by atoms with E-state index in [1.54, 1.807) is 18.7 Å². The van der Waals surface area contributed by atoms with Crippen molar-refractivity contribution >= 4 is 23.5 Å². The van der Waals surface area contributed by atoms with Gasteiger partial charge in [-0.2, -0.15) is 0 Å². The Morgan fingerprint density at radius 2 is 1.92 bits per heavy atom. The molecule has 0 saturated carbocycles. The van der Waals surface area contributed by atoms with Crippen molar-refractivity contribution in [1.29, 1.82) is 0 Å². The van der Waals surface area contributed by atoms with E-state index < -0.39 is 11.6 Å². The summed E-state index contributed by atoms with van der Waals surface area (Å²) in [4.78, 5) is 39.4. The molecule has 0 atom stereocenters. The normalized spacial score (nSPS) is 19.0. The van der Waals surface area contributed by atoms with Gasteiger partial charge in [0.25, 0.3) is 5.91 Å². The number of ether oxygens (including phenoxy) is 1. The summed E-state index contributed by atoms with van der Waals surface area (Å²) in [6.07, 6.45) is 1.96. The average molecular weight is 332 g/mol. The van der Waals surface area contributed by atoms with Gasteiger partial charge >= 0.3 is 5.97 Å². The Bertz CT molecular complexity index is 707. The average Bonchev–Trinajstić information content (AvgIpc) is 3.05. The maximum Gasteiger partial charge on any atom is 0.335 e. The van der Waals surface area contributed by atoms with Crippen molar-refractivity contribution in [1.82, 2.24) is 4.90 Å². The van der Waals surface area contributed by atoms with Crippen molar-refractivity contribution in [2.75, 3.05) is 24.5 Å². The van der Waals surface area contributed by atoms with Gasteiger partial charge < -0.3 is 14.7 Å². The van der Waals surface area contributed by atoms with E-state index >= 15 is 0 Å². The van der Waals surface area contributed by atoms with Crippen LogP contribution in [0.4, 0.5) is 5.69 Å². The largest absolute Gasteiger partial charge is 0.478 e. The van der Waals surface area contributed by atoms with Crippen LogP contribution < -0.4 is 9.64 Å². The fraction of sp³-hybridized carbons (Fsp3) is 0.471. The molecule has 7 nitrogen and oxygen atoms in total. The Balaban J connectivity index is 1.94. The Morgan fingerprint density at radius 1 is 1.25 bits per heavy atom. The molecule has 1 fully saturated rings. The van der Waals surface area contributed by atoms with Gasteiger partial charge in [0.05, 0.1) is 11.3 Å². The molecule has 3 rings (SSSR count). The molecule has 1 aromatic carbocycles. The number of hydrogen-bond donors (Lipinski definition) is 1. The lowest BCUT2D eigenvalue weighted by Crippen LogP contribution is -2.55. The van der Waals surface area contributed by atoms with Crippen LogP contribution in [0.15, 0.2) is 18.2 Å². The van der Waals surface area contributed by atoms with Gasteiger partial charge in [-0.15, -0.1) is 0 Å². The molecule has 1 N–H and O–H groups in total. The molecule has 2 aliphatic rings. The van der Waals surface area contributed by atoms with Crippen LogP contribution in [0.1, 0.15) is 37.0 Å². The van der Waals surface area contributed by atoms with E-state index in [1.807, 2.05) is 0 Å². The zero-order valence-electron chi connectivity index (χ0n) is 13.7. The lowest BCUT2D eigenvalue weighted by molar-refractivity contribution is -0.136. The molecular formula is C17H20N2O5. The predicted molar refractivity (Wildman–Crippen MR) is 86.3 cm³/mol. The van der Waals surface area contributed by atoms with Crippen molar-refractivity contribution in [3.05, 3.63) is 23.8 Å². The zero-order valence-corrected chi connectivity index (χ0v) is 13.7. The van der Waals surface area contributed by atoms with E-state index in [2.05, 4.69) is 0 Å². The van der Waals surface area contributed by atoms with Gasteiger partial charge in [-0.3, -0.25) is 14.5 Å². The number of nitrogens with zero attached hydrogens (tertiary/aromatic N) is 2. The summed E-state index contributed by atoms with van der Waals surface area (Å²) in [5.41, 5.74) is -0.656. The number of hydrogen-bond acceptors (Lipinski definition) is 4. The van der Waals surface area contributed by atoms with Crippen LogP contribution in [0.3, 0.4) is 0 Å². The van der Waals surface area contributed by atoms with Crippen LogP contribution in [0.25, 0.3) is 0 Å². The van der Waals surface area contributed by atoms with Crippen molar-refractivity contribution in [2.45, 2.75) is 32.3 Å². The number of carbonyl (C=O) groups is 3. The molecule has 0 spiro atoms. The molecule has 2 amide bonds. The quantitative estimate of drug-likeness (QED) is 0.906. The van der Waals surface area contributed by atoms with Crippen LogP contribution >= 0.6 is 0 Å². The third-order valence-corrected chi connectivity index (χ3v) is 4.38. The Labute approximate surface area is 139 Å². The lowest BCUT2D eigenvalue weighted by Gasteiger charge is -2.39.